The Morgan fingerprint density at radius 2 is 1.61 bits per heavy atom. The number of hydrogen-bond acceptors (Lipinski definition) is 1. The second-order valence-electron chi connectivity index (χ2n) is 4.09. The van der Waals surface area contributed by atoms with Crippen molar-refractivity contribution in [3.05, 3.63) is 64.6 Å². The highest BCUT2D eigenvalue weighted by molar-refractivity contribution is 9.10. The van der Waals surface area contributed by atoms with Gasteiger partial charge in [-0.1, -0.05) is 46.3 Å². The van der Waals surface area contributed by atoms with Crippen molar-refractivity contribution in [1.29, 1.82) is 0 Å². The summed E-state index contributed by atoms with van der Waals surface area (Å²) in [6, 6.07) is 18.0. The molecule has 0 heterocycles. The first-order valence-electron chi connectivity index (χ1n) is 5.93. The van der Waals surface area contributed by atoms with E-state index in [1.807, 2.05) is 42.5 Å². The summed E-state index contributed by atoms with van der Waals surface area (Å²) in [4.78, 5) is 0.909. The lowest BCUT2D eigenvalue weighted by atomic mass is 10.1. The van der Waals surface area contributed by atoms with Crippen LogP contribution in [0, 0.1) is 0 Å². The van der Waals surface area contributed by atoms with Crippen LogP contribution in [-0.4, -0.2) is 9.96 Å². The van der Waals surface area contributed by atoms with Crippen LogP contribution in [0.2, 0.25) is 0 Å². The predicted molar refractivity (Wildman–Crippen MR) is 80.2 cm³/mol. The molecule has 2 aromatic rings. The maximum atomic E-state index is 12.0. The van der Waals surface area contributed by atoms with Crippen LogP contribution in [0.25, 0.3) is 0 Å². The summed E-state index contributed by atoms with van der Waals surface area (Å²) >= 11 is 3.38. The number of benzene rings is 2. The largest absolute Gasteiger partial charge is 0.254 e. The van der Waals surface area contributed by atoms with E-state index in [4.69, 9.17) is 0 Å². The standard InChI is InChI=1S/C15H15BrOS/c16-14-8-10-15(11-9-14)18(17)12-4-7-13-5-2-1-3-6-13/h1-3,5-6,8-11H,4,7,12H2/t18-/m1/s1. The zero-order chi connectivity index (χ0) is 12.8. The normalized spacial score (nSPS) is 12.3. The molecule has 0 N–H and O–H groups in total. The van der Waals surface area contributed by atoms with Crippen LogP contribution in [0.4, 0.5) is 0 Å². The fraction of sp³-hybridized carbons (Fsp3) is 0.200. The third kappa shape index (κ3) is 4.07. The predicted octanol–water partition coefficient (Wildman–Crippen LogP) is 4.19. The Kier molecular flexibility index (Phi) is 5.14. The molecule has 0 fully saturated rings. The fourth-order valence-electron chi connectivity index (χ4n) is 1.76. The van der Waals surface area contributed by atoms with Crippen LogP contribution in [0.5, 0.6) is 0 Å². The number of aryl methyl sites for hydroxylation is 1. The van der Waals surface area contributed by atoms with Crippen LogP contribution in [0.3, 0.4) is 0 Å². The molecule has 0 unspecified atom stereocenters. The summed E-state index contributed by atoms with van der Waals surface area (Å²) in [7, 11) is -0.886. The smallest absolute Gasteiger partial charge is 0.0529 e. The van der Waals surface area contributed by atoms with Gasteiger partial charge in [0.05, 0.1) is 10.8 Å². The lowest BCUT2D eigenvalue weighted by molar-refractivity contribution is 0.680. The highest BCUT2D eigenvalue weighted by atomic mass is 79.9. The molecule has 1 nitrogen and oxygen atoms in total. The van der Waals surface area contributed by atoms with Gasteiger partial charge >= 0.3 is 0 Å². The van der Waals surface area contributed by atoms with Crippen LogP contribution < -0.4 is 0 Å². The molecule has 1 atom stereocenters. The highest BCUT2D eigenvalue weighted by Gasteiger charge is 2.03. The van der Waals surface area contributed by atoms with E-state index in [1.165, 1.54) is 5.56 Å². The average Bonchev–Trinajstić information content (AvgIpc) is 2.40. The van der Waals surface area contributed by atoms with Gasteiger partial charge < -0.3 is 0 Å². The topological polar surface area (TPSA) is 17.1 Å². The van der Waals surface area contributed by atoms with Crippen LogP contribution in [0.15, 0.2) is 64.0 Å². The van der Waals surface area contributed by atoms with E-state index < -0.39 is 10.8 Å². The molecule has 0 aromatic heterocycles. The van der Waals surface area contributed by atoms with Gasteiger partial charge in [0, 0.05) is 15.1 Å². The lowest BCUT2D eigenvalue weighted by Crippen LogP contribution is -1.99. The molecule has 0 aliphatic heterocycles. The summed E-state index contributed by atoms with van der Waals surface area (Å²) in [6.45, 7) is 0. The van der Waals surface area contributed by atoms with Crippen LogP contribution in [-0.2, 0) is 17.2 Å². The van der Waals surface area contributed by atoms with E-state index in [-0.39, 0.29) is 0 Å². The minimum absolute atomic E-state index is 0.719. The van der Waals surface area contributed by atoms with E-state index in [1.54, 1.807) is 0 Å². The van der Waals surface area contributed by atoms with Crippen molar-refractivity contribution in [2.45, 2.75) is 17.7 Å². The van der Waals surface area contributed by atoms with E-state index in [0.717, 1.165) is 28.0 Å². The highest BCUT2D eigenvalue weighted by Crippen LogP contribution is 2.14. The third-order valence-electron chi connectivity index (χ3n) is 2.71. The quantitative estimate of drug-likeness (QED) is 0.806. The molecule has 0 bridgehead atoms. The van der Waals surface area contributed by atoms with Crippen molar-refractivity contribution in [1.82, 2.24) is 0 Å². The molecule has 0 aliphatic carbocycles. The van der Waals surface area contributed by atoms with Crippen molar-refractivity contribution in [3.63, 3.8) is 0 Å². The zero-order valence-electron chi connectivity index (χ0n) is 10.0. The molecular formula is C15H15BrOS. The fourth-order valence-corrected chi connectivity index (χ4v) is 3.10. The second kappa shape index (κ2) is 6.86. The van der Waals surface area contributed by atoms with Gasteiger partial charge in [-0.3, -0.25) is 4.21 Å². The number of hydrogen-bond donors (Lipinski definition) is 0. The molecule has 0 saturated carbocycles. The zero-order valence-corrected chi connectivity index (χ0v) is 12.4. The molecule has 18 heavy (non-hydrogen) atoms. The van der Waals surface area contributed by atoms with E-state index in [9.17, 15) is 4.21 Å². The van der Waals surface area contributed by atoms with E-state index in [0.29, 0.717) is 0 Å². The minimum atomic E-state index is -0.886. The maximum Gasteiger partial charge on any atom is 0.0529 e. The van der Waals surface area contributed by atoms with Crippen LogP contribution >= 0.6 is 15.9 Å². The Bertz CT molecular complexity index is 508. The van der Waals surface area contributed by atoms with Gasteiger partial charge in [-0.25, -0.2) is 0 Å². The molecule has 0 amide bonds. The summed E-state index contributed by atoms with van der Waals surface area (Å²) in [6.07, 6.45) is 1.94. The molecule has 0 spiro atoms. The molecule has 2 aromatic carbocycles. The molecule has 2 rings (SSSR count). The number of halogens is 1. The van der Waals surface area contributed by atoms with Crippen molar-refractivity contribution in [2.24, 2.45) is 0 Å². The summed E-state index contributed by atoms with van der Waals surface area (Å²) in [5.74, 6) is 0.719. The Labute approximate surface area is 119 Å². The SMILES string of the molecule is O=[S@](CCCc1ccccc1)c1ccc(Br)cc1. The van der Waals surface area contributed by atoms with Crippen LogP contribution in [0.1, 0.15) is 12.0 Å². The maximum absolute atomic E-state index is 12.0. The molecule has 0 saturated heterocycles. The van der Waals surface area contributed by atoms with Crippen molar-refractivity contribution >= 4 is 26.7 Å². The Morgan fingerprint density at radius 3 is 2.28 bits per heavy atom. The molecular weight excluding hydrogens is 308 g/mol. The van der Waals surface area contributed by atoms with Crippen molar-refractivity contribution < 1.29 is 4.21 Å². The first-order chi connectivity index (χ1) is 8.75. The van der Waals surface area contributed by atoms with Crippen molar-refractivity contribution in [3.8, 4) is 0 Å². The molecule has 94 valence electrons. The first kappa shape index (κ1) is 13.5. The van der Waals surface area contributed by atoms with Gasteiger partial charge in [0.2, 0.25) is 0 Å². The third-order valence-corrected chi connectivity index (χ3v) is 4.70. The van der Waals surface area contributed by atoms with Gasteiger partial charge in [-0.15, -0.1) is 0 Å². The Morgan fingerprint density at radius 1 is 0.944 bits per heavy atom. The van der Waals surface area contributed by atoms with Crippen molar-refractivity contribution in [2.75, 3.05) is 5.75 Å². The van der Waals surface area contributed by atoms with E-state index in [2.05, 4.69) is 28.1 Å². The molecule has 3 heteroatoms. The summed E-state index contributed by atoms with van der Waals surface area (Å²) in [5, 5.41) is 0. The number of rotatable bonds is 5. The Balaban J connectivity index is 1.84. The molecule has 0 radical (unpaired) electrons. The van der Waals surface area contributed by atoms with E-state index >= 15 is 0 Å². The average molecular weight is 323 g/mol. The Hall–Kier alpha value is -0.930. The summed E-state index contributed by atoms with van der Waals surface area (Å²) < 4.78 is 13.1. The second-order valence-corrected chi connectivity index (χ2v) is 6.58. The summed E-state index contributed by atoms with van der Waals surface area (Å²) in [5.41, 5.74) is 1.31. The molecule has 0 aliphatic rings. The minimum Gasteiger partial charge on any atom is -0.254 e. The van der Waals surface area contributed by atoms with Gasteiger partial charge in [0.25, 0.3) is 0 Å². The van der Waals surface area contributed by atoms with Gasteiger partial charge in [0.15, 0.2) is 0 Å². The van der Waals surface area contributed by atoms with Gasteiger partial charge in [0.1, 0.15) is 0 Å². The van der Waals surface area contributed by atoms with Gasteiger partial charge in [-0.05, 0) is 42.7 Å². The lowest BCUT2D eigenvalue weighted by Gasteiger charge is -2.03. The monoisotopic (exact) mass is 322 g/mol. The first-order valence-corrected chi connectivity index (χ1v) is 8.05. The van der Waals surface area contributed by atoms with Gasteiger partial charge in [-0.2, -0.15) is 0 Å².